The highest BCUT2D eigenvalue weighted by Gasteiger charge is 2.48. The van der Waals surface area contributed by atoms with Crippen LogP contribution in [0.15, 0.2) is 78.9 Å². The monoisotopic (exact) mass is 605 g/mol. The zero-order chi connectivity index (χ0) is 31.4. The lowest BCUT2D eigenvalue weighted by Gasteiger charge is -2.48. The molecule has 44 heavy (non-hydrogen) atoms. The number of anilines is 1. The van der Waals surface area contributed by atoms with Crippen LogP contribution in [-0.4, -0.2) is 68.6 Å². The number of aryl methyl sites for hydroxylation is 1. The molecule has 9 heteroatoms. The van der Waals surface area contributed by atoms with Gasteiger partial charge >= 0.3 is 0 Å². The molecule has 3 aromatic carbocycles. The molecule has 2 fully saturated rings. The van der Waals surface area contributed by atoms with Crippen LogP contribution in [-0.2, 0) is 9.53 Å². The van der Waals surface area contributed by atoms with E-state index in [2.05, 4.69) is 0 Å². The number of hydrogen-bond donors (Lipinski definition) is 5. The third-order valence-corrected chi connectivity index (χ3v) is 8.73. The molecule has 5 rings (SSSR count). The van der Waals surface area contributed by atoms with Crippen molar-refractivity contribution in [2.75, 3.05) is 11.5 Å². The van der Waals surface area contributed by atoms with Crippen molar-refractivity contribution in [2.24, 2.45) is 5.92 Å². The third kappa shape index (κ3) is 6.94. The maximum atomic E-state index is 13.6. The van der Waals surface area contributed by atoms with Gasteiger partial charge in [0.2, 0.25) is 5.91 Å². The molecule has 1 amide bonds. The molecule has 2 heterocycles. The van der Waals surface area contributed by atoms with Crippen molar-refractivity contribution in [1.29, 1.82) is 0 Å². The lowest BCUT2D eigenvalue weighted by molar-refractivity contribution is -0.230. The molecule has 0 saturated carbocycles. The van der Waals surface area contributed by atoms with Crippen molar-refractivity contribution in [3.63, 3.8) is 0 Å². The second-order valence-electron chi connectivity index (χ2n) is 11.8. The Morgan fingerprint density at radius 2 is 1.55 bits per heavy atom. The third-order valence-electron chi connectivity index (χ3n) is 8.73. The first-order valence-corrected chi connectivity index (χ1v) is 15.1. The molecule has 2 aliphatic heterocycles. The molecule has 8 nitrogen and oxygen atoms in total. The molecule has 0 aliphatic carbocycles. The van der Waals surface area contributed by atoms with Crippen molar-refractivity contribution in [3.8, 4) is 0 Å². The quantitative estimate of drug-likeness (QED) is 0.209. The molecule has 2 saturated heterocycles. The number of halogens is 1. The topological polar surface area (TPSA) is 131 Å². The maximum Gasteiger partial charge on any atom is 0.233 e. The summed E-state index contributed by atoms with van der Waals surface area (Å²) < 4.78 is 19.2. The minimum atomic E-state index is -1.38. The normalized spacial score (nSPS) is 27.8. The van der Waals surface area contributed by atoms with Crippen molar-refractivity contribution < 1.29 is 39.5 Å². The standard InChI is InChI=1S/C35H40FNO7/c1-21-6-10-23(11-7-21)28(39)19-18-27-31(37(35(27)43)26-16-14-25(36)15-17-26)24-12-8-22(9-13-24)4-2-3-5-29-32(40)34(42)33(41)30(20-38)44-29/h2,4,6-17,27-34,38-42H,3,5,18-20H2,1H3/b4-2+/t27-,28+,29+,30-,31-,32+,33-,34-/m1/s1. The van der Waals surface area contributed by atoms with E-state index in [0.29, 0.717) is 31.4 Å². The van der Waals surface area contributed by atoms with E-state index in [1.807, 2.05) is 67.6 Å². The number of benzene rings is 3. The second kappa shape index (κ2) is 14.1. The number of nitrogens with zero attached hydrogens (tertiary/aromatic N) is 1. The lowest BCUT2D eigenvalue weighted by atomic mass is 9.78. The molecule has 5 N–H and O–H groups in total. The van der Waals surface area contributed by atoms with Crippen molar-refractivity contribution >= 4 is 17.7 Å². The zero-order valence-corrected chi connectivity index (χ0v) is 24.6. The van der Waals surface area contributed by atoms with Crippen LogP contribution in [0, 0.1) is 18.7 Å². The van der Waals surface area contributed by atoms with E-state index < -0.39 is 43.2 Å². The van der Waals surface area contributed by atoms with Gasteiger partial charge in [-0.2, -0.15) is 0 Å². The summed E-state index contributed by atoms with van der Waals surface area (Å²) in [6.45, 7) is 1.53. The SMILES string of the molecule is Cc1ccc([C@@H](O)CC[C@H]2C(=O)N(c3ccc(F)cc3)[C@@H]2c2ccc(/C=C/CC[C@@H]3O[C@H](CO)[C@@H](O)[C@H](O)[C@H]3O)cc2)cc1. The van der Waals surface area contributed by atoms with Crippen LogP contribution in [0.25, 0.3) is 6.08 Å². The van der Waals surface area contributed by atoms with Crippen LogP contribution in [0.2, 0.25) is 0 Å². The summed E-state index contributed by atoms with van der Waals surface area (Å²) in [7, 11) is 0. The lowest BCUT2D eigenvalue weighted by Crippen LogP contribution is -2.58. The zero-order valence-electron chi connectivity index (χ0n) is 24.6. The summed E-state index contributed by atoms with van der Waals surface area (Å²) in [4.78, 5) is 15.1. The van der Waals surface area contributed by atoms with Gasteiger partial charge in [0, 0.05) is 5.69 Å². The molecule has 2 aliphatic rings. The molecule has 0 unspecified atom stereocenters. The van der Waals surface area contributed by atoms with Gasteiger partial charge in [-0.05, 0) is 73.6 Å². The van der Waals surface area contributed by atoms with E-state index in [9.17, 15) is 34.7 Å². The highest BCUT2D eigenvalue weighted by molar-refractivity contribution is 6.03. The second-order valence-corrected chi connectivity index (χ2v) is 11.8. The molecule has 0 spiro atoms. The van der Waals surface area contributed by atoms with Crippen molar-refractivity contribution in [3.05, 3.63) is 107 Å². The van der Waals surface area contributed by atoms with E-state index in [4.69, 9.17) is 4.74 Å². The van der Waals surface area contributed by atoms with Gasteiger partial charge in [-0.15, -0.1) is 0 Å². The van der Waals surface area contributed by atoms with Crippen LogP contribution < -0.4 is 4.90 Å². The van der Waals surface area contributed by atoms with E-state index in [1.165, 1.54) is 12.1 Å². The van der Waals surface area contributed by atoms with Gasteiger partial charge in [0.1, 0.15) is 30.2 Å². The number of ether oxygens (including phenoxy) is 1. The fourth-order valence-corrected chi connectivity index (χ4v) is 6.09. The Morgan fingerprint density at radius 3 is 2.20 bits per heavy atom. The number of carbonyl (C=O) groups excluding carboxylic acids is 1. The van der Waals surface area contributed by atoms with Crippen LogP contribution in [0.3, 0.4) is 0 Å². The summed E-state index contributed by atoms with van der Waals surface area (Å²) in [5, 5.41) is 50.4. The largest absolute Gasteiger partial charge is 0.394 e. The first-order valence-electron chi connectivity index (χ1n) is 15.1. The number of hydrogen-bond acceptors (Lipinski definition) is 7. The first kappa shape index (κ1) is 32.0. The summed E-state index contributed by atoms with van der Waals surface area (Å²) in [6, 6.07) is 21.2. The molecular formula is C35H40FNO7. The number of β-lactam (4-membered cyclic amide) rings is 1. The Labute approximate surface area is 256 Å². The van der Waals surface area contributed by atoms with Gasteiger partial charge in [0.05, 0.1) is 30.8 Å². The number of rotatable bonds is 11. The Bertz CT molecular complexity index is 1410. The van der Waals surface area contributed by atoms with Crippen molar-refractivity contribution in [2.45, 2.75) is 75.3 Å². The Balaban J connectivity index is 1.25. The Morgan fingerprint density at radius 1 is 0.886 bits per heavy atom. The first-order chi connectivity index (χ1) is 21.2. The van der Waals surface area contributed by atoms with Crippen LogP contribution in [0.5, 0.6) is 0 Å². The number of amides is 1. The summed E-state index contributed by atoms with van der Waals surface area (Å²) in [5.41, 5.74) is 4.40. The van der Waals surface area contributed by atoms with E-state index in [-0.39, 0.29) is 23.7 Å². The number of aliphatic hydroxyl groups excluding tert-OH is 5. The van der Waals surface area contributed by atoms with Gasteiger partial charge in [0.15, 0.2) is 0 Å². The summed E-state index contributed by atoms with van der Waals surface area (Å²) in [5.74, 6) is -0.770. The van der Waals surface area contributed by atoms with Gasteiger partial charge in [-0.3, -0.25) is 4.79 Å². The summed E-state index contributed by atoms with van der Waals surface area (Å²) in [6.07, 6.45) is -0.624. The van der Waals surface area contributed by atoms with Crippen LogP contribution in [0.4, 0.5) is 10.1 Å². The average molecular weight is 606 g/mol. The molecule has 234 valence electrons. The minimum Gasteiger partial charge on any atom is -0.394 e. The number of carbonyl (C=O) groups is 1. The fourth-order valence-electron chi connectivity index (χ4n) is 6.09. The Hall–Kier alpha value is -3.44. The molecule has 0 bridgehead atoms. The predicted octanol–water partition coefficient (Wildman–Crippen LogP) is 3.99. The maximum absolute atomic E-state index is 13.6. The Kier molecular flexibility index (Phi) is 10.3. The number of aliphatic hydroxyl groups is 5. The molecule has 0 aromatic heterocycles. The summed E-state index contributed by atoms with van der Waals surface area (Å²) >= 11 is 0. The molecular weight excluding hydrogens is 565 g/mol. The molecule has 3 aromatic rings. The van der Waals surface area contributed by atoms with Crippen LogP contribution in [0.1, 0.15) is 60.1 Å². The van der Waals surface area contributed by atoms with Crippen molar-refractivity contribution in [1.82, 2.24) is 0 Å². The number of allylic oxidation sites excluding steroid dienone is 1. The fraction of sp³-hybridized carbons (Fsp3) is 0.400. The molecule has 0 radical (unpaired) electrons. The highest BCUT2D eigenvalue weighted by atomic mass is 19.1. The van der Waals surface area contributed by atoms with E-state index in [0.717, 1.165) is 22.3 Å². The minimum absolute atomic E-state index is 0.0603. The predicted molar refractivity (Wildman–Crippen MR) is 164 cm³/mol. The van der Waals surface area contributed by atoms with Gasteiger partial charge < -0.3 is 35.2 Å². The smallest absolute Gasteiger partial charge is 0.233 e. The average Bonchev–Trinajstić information content (AvgIpc) is 3.03. The van der Waals surface area contributed by atoms with Crippen LogP contribution >= 0.6 is 0 Å². The van der Waals surface area contributed by atoms with Gasteiger partial charge in [0.25, 0.3) is 0 Å². The van der Waals surface area contributed by atoms with E-state index >= 15 is 0 Å². The highest BCUT2D eigenvalue weighted by Crippen LogP contribution is 2.46. The van der Waals surface area contributed by atoms with Gasteiger partial charge in [-0.25, -0.2) is 4.39 Å². The van der Waals surface area contributed by atoms with Gasteiger partial charge in [-0.1, -0.05) is 66.2 Å². The molecule has 8 atom stereocenters. The van der Waals surface area contributed by atoms with E-state index in [1.54, 1.807) is 17.0 Å².